The Morgan fingerprint density at radius 2 is 1.73 bits per heavy atom. The number of sulfonamides is 1. The van der Waals surface area contributed by atoms with E-state index in [1.165, 1.54) is 25.8 Å². The summed E-state index contributed by atoms with van der Waals surface area (Å²) in [6.45, 7) is 0.262. The van der Waals surface area contributed by atoms with Gasteiger partial charge >= 0.3 is 0 Å². The highest BCUT2D eigenvalue weighted by Crippen LogP contribution is 2.40. The molecular weight excluding hydrogens is 400 g/mol. The van der Waals surface area contributed by atoms with Crippen LogP contribution in [0.3, 0.4) is 0 Å². The van der Waals surface area contributed by atoms with Gasteiger partial charge < -0.3 is 9.47 Å². The van der Waals surface area contributed by atoms with E-state index in [1.807, 2.05) is 30.3 Å². The lowest BCUT2D eigenvalue weighted by molar-refractivity contribution is 0.315. The predicted molar refractivity (Wildman–Crippen MR) is 114 cm³/mol. The van der Waals surface area contributed by atoms with Crippen molar-refractivity contribution in [2.24, 2.45) is 0 Å². The van der Waals surface area contributed by atoms with Crippen molar-refractivity contribution in [3.63, 3.8) is 0 Å². The van der Waals surface area contributed by atoms with E-state index >= 15 is 0 Å². The van der Waals surface area contributed by atoms with Gasteiger partial charge in [-0.15, -0.1) is 0 Å². The molecule has 0 radical (unpaired) electrons. The lowest BCUT2D eigenvalue weighted by atomic mass is 10.1. The maximum Gasteiger partial charge on any atom is 0.244 e. The van der Waals surface area contributed by atoms with Gasteiger partial charge in [0.15, 0.2) is 11.5 Å². The first kappa shape index (κ1) is 20.4. The molecule has 0 N–H and O–H groups in total. The van der Waals surface area contributed by atoms with Gasteiger partial charge in [0.2, 0.25) is 10.0 Å². The van der Waals surface area contributed by atoms with Crippen LogP contribution in [0.25, 0.3) is 0 Å². The van der Waals surface area contributed by atoms with Gasteiger partial charge in [0.1, 0.15) is 0 Å². The molecule has 0 bridgehead atoms. The maximum atomic E-state index is 13.8. The SMILES string of the molecule is COc1ccc(S(=O)(=O)N(Cc2ccncc2)C2CCc3ccccc32)cc1OC. The molecule has 3 aromatic rings. The summed E-state index contributed by atoms with van der Waals surface area (Å²) in [7, 11) is -0.784. The fourth-order valence-corrected chi connectivity index (χ4v) is 5.62. The molecule has 0 amide bonds. The van der Waals surface area contributed by atoms with Gasteiger partial charge in [-0.25, -0.2) is 8.42 Å². The highest BCUT2D eigenvalue weighted by Gasteiger charge is 2.36. The summed E-state index contributed by atoms with van der Waals surface area (Å²) in [6, 6.07) is 16.2. The van der Waals surface area contributed by atoms with Crippen molar-refractivity contribution < 1.29 is 17.9 Å². The molecule has 1 atom stereocenters. The van der Waals surface area contributed by atoms with Gasteiger partial charge in [0, 0.05) is 25.0 Å². The Morgan fingerprint density at radius 1 is 1.00 bits per heavy atom. The number of ether oxygens (including phenoxy) is 2. The highest BCUT2D eigenvalue weighted by atomic mass is 32.2. The van der Waals surface area contributed by atoms with Gasteiger partial charge in [-0.1, -0.05) is 24.3 Å². The summed E-state index contributed by atoms with van der Waals surface area (Å²) >= 11 is 0. The van der Waals surface area contributed by atoms with Crippen LogP contribution in [0.5, 0.6) is 11.5 Å². The Morgan fingerprint density at radius 3 is 2.47 bits per heavy atom. The zero-order valence-electron chi connectivity index (χ0n) is 17.0. The van der Waals surface area contributed by atoms with E-state index in [9.17, 15) is 8.42 Å². The first-order chi connectivity index (χ1) is 14.5. The van der Waals surface area contributed by atoms with Crippen molar-refractivity contribution in [1.29, 1.82) is 0 Å². The average Bonchev–Trinajstić information content (AvgIpc) is 3.21. The number of hydrogen-bond donors (Lipinski definition) is 0. The molecule has 2 aromatic carbocycles. The van der Waals surface area contributed by atoms with Crippen LogP contribution in [0.15, 0.2) is 71.9 Å². The third-order valence-electron chi connectivity index (χ3n) is 5.50. The Hall–Kier alpha value is -2.90. The van der Waals surface area contributed by atoms with Gasteiger partial charge in [0.05, 0.1) is 25.2 Å². The largest absolute Gasteiger partial charge is 0.493 e. The third kappa shape index (κ3) is 3.78. The van der Waals surface area contributed by atoms with Crippen molar-refractivity contribution in [1.82, 2.24) is 9.29 Å². The second kappa shape index (κ2) is 8.45. The van der Waals surface area contributed by atoms with Crippen LogP contribution in [0.1, 0.15) is 29.2 Å². The smallest absolute Gasteiger partial charge is 0.244 e. The van der Waals surface area contributed by atoms with Crippen LogP contribution in [0, 0.1) is 0 Å². The van der Waals surface area contributed by atoms with Crippen LogP contribution in [0.4, 0.5) is 0 Å². The van der Waals surface area contributed by atoms with Crippen LogP contribution in [-0.4, -0.2) is 31.9 Å². The Bertz CT molecular complexity index is 1130. The summed E-state index contributed by atoms with van der Waals surface area (Å²) in [5.74, 6) is 0.873. The van der Waals surface area contributed by atoms with Gasteiger partial charge in [-0.3, -0.25) is 4.98 Å². The van der Waals surface area contributed by atoms with Crippen LogP contribution >= 0.6 is 0 Å². The van der Waals surface area contributed by atoms with Gasteiger partial charge in [-0.05, 0) is 53.8 Å². The Balaban J connectivity index is 1.79. The van der Waals surface area contributed by atoms with Crippen molar-refractivity contribution in [2.75, 3.05) is 14.2 Å². The highest BCUT2D eigenvalue weighted by molar-refractivity contribution is 7.89. The summed E-state index contributed by atoms with van der Waals surface area (Å²) in [6.07, 6.45) is 4.96. The number of nitrogens with zero attached hydrogens (tertiary/aromatic N) is 2. The number of rotatable bonds is 7. The van der Waals surface area contributed by atoms with Gasteiger partial charge in [0.25, 0.3) is 0 Å². The molecule has 30 heavy (non-hydrogen) atoms. The first-order valence-electron chi connectivity index (χ1n) is 9.75. The third-order valence-corrected chi connectivity index (χ3v) is 7.35. The molecule has 0 saturated carbocycles. The molecule has 1 heterocycles. The molecule has 6 nitrogen and oxygen atoms in total. The maximum absolute atomic E-state index is 13.8. The molecule has 1 unspecified atom stereocenters. The van der Waals surface area contributed by atoms with Gasteiger partial charge in [-0.2, -0.15) is 4.31 Å². The monoisotopic (exact) mass is 424 g/mol. The van der Waals surface area contributed by atoms with E-state index in [2.05, 4.69) is 11.1 Å². The number of hydrogen-bond acceptors (Lipinski definition) is 5. The van der Waals surface area contributed by atoms with E-state index in [0.29, 0.717) is 11.5 Å². The van der Waals surface area contributed by atoms with E-state index in [4.69, 9.17) is 9.47 Å². The quantitative estimate of drug-likeness (QED) is 0.574. The standard InChI is InChI=1S/C23H24N2O4S/c1-28-22-10-8-19(15-23(22)29-2)30(26,27)25(16-17-11-13-24-14-12-17)21-9-7-18-5-3-4-6-20(18)21/h3-6,8,10-15,21H,7,9,16H2,1-2H3. The van der Waals surface area contributed by atoms with Crippen molar-refractivity contribution >= 4 is 10.0 Å². The van der Waals surface area contributed by atoms with Crippen molar-refractivity contribution in [2.45, 2.75) is 30.3 Å². The van der Waals surface area contributed by atoms with Crippen LogP contribution < -0.4 is 9.47 Å². The normalized spacial score (nSPS) is 15.8. The fourth-order valence-electron chi connectivity index (χ4n) is 3.98. The Labute approximate surface area is 177 Å². The molecule has 1 aromatic heterocycles. The lowest BCUT2D eigenvalue weighted by Gasteiger charge is -2.29. The second-order valence-corrected chi connectivity index (χ2v) is 9.07. The minimum Gasteiger partial charge on any atom is -0.493 e. The zero-order valence-corrected chi connectivity index (χ0v) is 17.8. The number of fused-ring (bicyclic) bond motifs is 1. The number of aryl methyl sites for hydroxylation is 1. The van der Waals surface area contributed by atoms with E-state index < -0.39 is 10.0 Å². The van der Waals surface area contributed by atoms with Crippen LogP contribution in [-0.2, 0) is 23.0 Å². The number of methoxy groups -OCH3 is 2. The molecule has 156 valence electrons. The summed E-state index contributed by atoms with van der Waals surface area (Å²) in [5, 5.41) is 0. The number of aromatic nitrogens is 1. The predicted octanol–water partition coefficient (Wildman–Crippen LogP) is 3.98. The van der Waals surface area contributed by atoms with E-state index in [1.54, 1.807) is 28.8 Å². The molecule has 0 saturated heterocycles. The minimum atomic E-state index is -3.81. The molecular formula is C23H24N2O4S. The molecule has 1 aliphatic rings. The molecule has 4 rings (SSSR count). The first-order valence-corrected chi connectivity index (χ1v) is 11.2. The second-order valence-electron chi connectivity index (χ2n) is 7.18. The molecule has 0 fully saturated rings. The lowest BCUT2D eigenvalue weighted by Crippen LogP contribution is -2.33. The summed E-state index contributed by atoms with van der Waals surface area (Å²) < 4.78 is 39.8. The zero-order chi connectivity index (χ0) is 21.1. The van der Waals surface area contributed by atoms with E-state index in [-0.39, 0.29) is 17.5 Å². The van der Waals surface area contributed by atoms with Crippen LogP contribution in [0.2, 0.25) is 0 Å². The summed E-state index contributed by atoms with van der Waals surface area (Å²) in [4.78, 5) is 4.23. The summed E-state index contributed by atoms with van der Waals surface area (Å²) in [5.41, 5.74) is 3.15. The number of pyridine rings is 1. The fraction of sp³-hybridized carbons (Fsp3) is 0.261. The Kier molecular flexibility index (Phi) is 5.74. The average molecular weight is 425 g/mol. The van der Waals surface area contributed by atoms with Crippen molar-refractivity contribution in [3.05, 3.63) is 83.7 Å². The minimum absolute atomic E-state index is 0.179. The number of benzene rings is 2. The molecule has 0 aliphatic heterocycles. The topological polar surface area (TPSA) is 68.7 Å². The molecule has 1 aliphatic carbocycles. The van der Waals surface area contributed by atoms with E-state index in [0.717, 1.165) is 24.0 Å². The van der Waals surface area contributed by atoms with Crippen molar-refractivity contribution in [3.8, 4) is 11.5 Å². The molecule has 0 spiro atoms. The molecule has 7 heteroatoms.